The van der Waals surface area contributed by atoms with Gasteiger partial charge in [-0.2, -0.15) is 0 Å². The van der Waals surface area contributed by atoms with Crippen molar-refractivity contribution in [2.45, 2.75) is 38.3 Å². The lowest BCUT2D eigenvalue weighted by molar-refractivity contribution is -0.135. The standard InChI is InChI=1S/C25H29F2N3O/c26-23-6-2-5-22(25(23)27)19-7-8-20-16-28(10-9-18(20)15-19)17-24(31)30-13-11-29(12-14-30)21-3-1-4-21/h2,5-8,15,21H,1,3-4,9-14,16-17H2. The van der Waals surface area contributed by atoms with Gasteiger partial charge in [0.05, 0.1) is 6.54 Å². The summed E-state index contributed by atoms with van der Waals surface area (Å²) in [5.41, 5.74) is 3.31. The topological polar surface area (TPSA) is 26.8 Å². The van der Waals surface area contributed by atoms with E-state index in [1.165, 1.54) is 25.3 Å². The minimum Gasteiger partial charge on any atom is -0.339 e. The maximum atomic E-state index is 14.2. The van der Waals surface area contributed by atoms with Crippen molar-refractivity contribution in [3.05, 3.63) is 59.2 Å². The quantitative estimate of drug-likeness (QED) is 0.748. The average Bonchev–Trinajstić information content (AvgIpc) is 2.74. The van der Waals surface area contributed by atoms with Crippen molar-refractivity contribution >= 4 is 5.91 Å². The Labute approximate surface area is 182 Å². The van der Waals surface area contributed by atoms with Crippen LogP contribution in [0, 0.1) is 11.6 Å². The number of carbonyl (C=O) groups excluding carboxylic acids is 1. The van der Waals surface area contributed by atoms with Crippen molar-refractivity contribution in [3.8, 4) is 11.1 Å². The van der Waals surface area contributed by atoms with Gasteiger partial charge in [0.25, 0.3) is 0 Å². The zero-order valence-electron chi connectivity index (χ0n) is 17.8. The molecule has 0 aromatic heterocycles. The van der Waals surface area contributed by atoms with Crippen LogP contribution >= 0.6 is 0 Å². The second-order valence-electron chi connectivity index (χ2n) is 9.05. The lowest BCUT2D eigenvalue weighted by atomic mass is 9.91. The van der Waals surface area contributed by atoms with Crippen LogP contribution in [0.1, 0.15) is 30.4 Å². The molecule has 0 unspecified atom stereocenters. The third-order valence-electron chi connectivity index (χ3n) is 7.18. The van der Waals surface area contributed by atoms with Gasteiger partial charge in [0.2, 0.25) is 5.91 Å². The first kappa shape index (κ1) is 20.6. The Morgan fingerprint density at radius 1 is 0.968 bits per heavy atom. The molecule has 0 N–H and O–H groups in total. The van der Waals surface area contributed by atoms with Crippen LogP contribution in [0.3, 0.4) is 0 Å². The monoisotopic (exact) mass is 425 g/mol. The van der Waals surface area contributed by atoms with E-state index < -0.39 is 11.6 Å². The highest BCUT2D eigenvalue weighted by Gasteiger charge is 2.30. The molecular formula is C25H29F2N3O. The predicted octanol–water partition coefficient (Wildman–Crippen LogP) is 3.69. The van der Waals surface area contributed by atoms with Crippen molar-refractivity contribution in [2.24, 2.45) is 0 Å². The van der Waals surface area contributed by atoms with Gasteiger partial charge < -0.3 is 4.90 Å². The smallest absolute Gasteiger partial charge is 0.236 e. The van der Waals surface area contributed by atoms with Gasteiger partial charge in [-0.3, -0.25) is 14.6 Å². The number of benzene rings is 2. The molecule has 31 heavy (non-hydrogen) atoms. The third kappa shape index (κ3) is 4.23. The highest BCUT2D eigenvalue weighted by Crippen LogP contribution is 2.29. The number of amides is 1. The van der Waals surface area contributed by atoms with E-state index in [1.807, 2.05) is 23.1 Å². The van der Waals surface area contributed by atoms with Crippen molar-refractivity contribution in [1.82, 2.24) is 14.7 Å². The summed E-state index contributed by atoms with van der Waals surface area (Å²) < 4.78 is 27.8. The summed E-state index contributed by atoms with van der Waals surface area (Å²) >= 11 is 0. The number of nitrogens with zero attached hydrogens (tertiary/aromatic N) is 3. The molecule has 1 saturated heterocycles. The Morgan fingerprint density at radius 2 is 1.77 bits per heavy atom. The molecule has 6 heteroatoms. The van der Waals surface area contributed by atoms with Gasteiger partial charge in [-0.25, -0.2) is 8.78 Å². The number of carbonyl (C=O) groups is 1. The molecular weight excluding hydrogens is 396 g/mol. The van der Waals surface area contributed by atoms with Crippen molar-refractivity contribution in [3.63, 3.8) is 0 Å². The summed E-state index contributed by atoms with van der Waals surface area (Å²) in [5, 5.41) is 0. The number of halogens is 2. The largest absolute Gasteiger partial charge is 0.339 e. The zero-order valence-corrected chi connectivity index (χ0v) is 17.8. The summed E-state index contributed by atoms with van der Waals surface area (Å²) in [6.45, 7) is 5.63. The predicted molar refractivity (Wildman–Crippen MR) is 117 cm³/mol. The van der Waals surface area contributed by atoms with E-state index in [2.05, 4.69) is 9.80 Å². The van der Waals surface area contributed by atoms with E-state index >= 15 is 0 Å². The molecule has 0 atom stereocenters. The summed E-state index contributed by atoms with van der Waals surface area (Å²) in [6, 6.07) is 10.8. The Morgan fingerprint density at radius 3 is 2.52 bits per heavy atom. The fourth-order valence-electron chi connectivity index (χ4n) is 5.02. The zero-order chi connectivity index (χ0) is 21.4. The van der Waals surface area contributed by atoms with Crippen LogP contribution in [0.2, 0.25) is 0 Å². The van der Waals surface area contributed by atoms with Gasteiger partial charge in [-0.1, -0.05) is 36.8 Å². The summed E-state index contributed by atoms with van der Waals surface area (Å²) in [6.07, 6.45) is 4.78. The van der Waals surface area contributed by atoms with Gasteiger partial charge >= 0.3 is 0 Å². The van der Waals surface area contributed by atoms with Gasteiger partial charge in [0, 0.05) is 50.9 Å². The second kappa shape index (κ2) is 8.67. The SMILES string of the molecule is O=C(CN1CCc2cc(-c3cccc(F)c3F)ccc2C1)N1CCN(C2CCC2)CC1. The molecule has 2 aliphatic heterocycles. The van der Waals surface area contributed by atoms with Crippen LogP contribution < -0.4 is 0 Å². The van der Waals surface area contributed by atoms with Crippen LogP contribution in [-0.2, 0) is 17.8 Å². The van der Waals surface area contributed by atoms with E-state index in [1.54, 1.807) is 6.07 Å². The van der Waals surface area contributed by atoms with E-state index in [-0.39, 0.29) is 5.91 Å². The molecule has 2 aromatic carbocycles. The minimum absolute atomic E-state index is 0.218. The molecule has 3 aliphatic rings. The van der Waals surface area contributed by atoms with Crippen LogP contribution in [0.4, 0.5) is 8.78 Å². The van der Waals surface area contributed by atoms with Crippen LogP contribution in [0.25, 0.3) is 11.1 Å². The van der Waals surface area contributed by atoms with Gasteiger partial charge in [0.15, 0.2) is 11.6 Å². The third-order valence-corrected chi connectivity index (χ3v) is 7.18. The molecule has 164 valence electrons. The van der Waals surface area contributed by atoms with E-state index in [0.717, 1.165) is 68.9 Å². The molecule has 2 fully saturated rings. The molecule has 0 radical (unpaired) electrons. The summed E-state index contributed by atoms with van der Waals surface area (Å²) in [4.78, 5) is 19.6. The lowest BCUT2D eigenvalue weighted by Crippen LogP contribution is -2.55. The van der Waals surface area contributed by atoms with Gasteiger partial charge in [-0.15, -0.1) is 0 Å². The maximum absolute atomic E-state index is 14.2. The van der Waals surface area contributed by atoms with E-state index in [9.17, 15) is 13.6 Å². The van der Waals surface area contributed by atoms with Crippen LogP contribution in [-0.4, -0.2) is 65.9 Å². The van der Waals surface area contributed by atoms with Crippen LogP contribution in [0.5, 0.6) is 0 Å². The second-order valence-corrected chi connectivity index (χ2v) is 9.05. The lowest BCUT2D eigenvalue weighted by Gasteiger charge is -2.43. The van der Waals surface area contributed by atoms with Crippen molar-refractivity contribution < 1.29 is 13.6 Å². The number of fused-ring (bicyclic) bond motifs is 1. The molecule has 1 amide bonds. The normalized spacial score (nSPS) is 20.4. The van der Waals surface area contributed by atoms with E-state index in [4.69, 9.17) is 0 Å². The van der Waals surface area contributed by atoms with E-state index in [0.29, 0.717) is 17.7 Å². The molecule has 4 nitrogen and oxygen atoms in total. The molecule has 1 aliphatic carbocycles. The molecule has 5 rings (SSSR count). The van der Waals surface area contributed by atoms with Crippen molar-refractivity contribution in [2.75, 3.05) is 39.3 Å². The number of rotatable bonds is 4. The fourth-order valence-corrected chi connectivity index (χ4v) is 5.02. The fraction of sp³-hybridized carbons (Fsp3) is 0.480. The Balaban J connectivity index is 1.19. The first-order valence-corrected chi connectivity index (χ1v) is 11.4. The summed E-state index contributed by atoms with van der Waals surface area (Å²) in [5.74, 6) is -1.41. The first-order chi connectivity index (χ1) is 15.1. The van der Waals surface area contributed by atoms with Gasteiger partial charge in [0.1, 0.15) is 0 Å². The Kier molecular flexibility index (Phi) is 5.76. The molecule has 2 aromatic rings. The molecule has 0 spiro atoms. The van der Waals surface area contributed by atoms with Crippen LogP contribution in [0.15, 0.2) is 36.4 Å². The minimum atomic E-state index is -0.826. The summed E-state index contributed by atoms with van der Waals surface area (Å²) in [7, 11) is 0. The molecule has 1 saturated carbocycles. The number of hydrogen-bond donors (Lipinski definition) is 0. The average molecular weight is 426 g/mol. The Hall–Kier alpha value is -2.31. The maximum Gasteiger partial charge on any atom is 0.236 e. The number of piperazine rings is 1. The molecule has 2 heterocycles. The first-order valence-electron chi connectivity index (χ1n) is 11.4. The Bertz CT molecular complexity index is 967. The number of hydrogen-bond acceptors (Lipinski definition) is 3. The highest BCUT2D eigenvalue weighted by atomic mass is 19.2. The van der Waals surface area contributed by atoms with Crippen molar-refractivity contribution in [1.29, 1.82) is 0 Å². The van der Waals surface area contributed by atoms with Gasteiger partial charge in [-0.05, 0) is 42.0 Å². The molecule has 0 bridgehead atoms. The highest BCUT2D eigenvalue weighted by molar-refractivity contribution is 5.78.